The molecule has 6 heteroatoms. The summed E-state index contributed by atoms with van der Waals surface area (Å²) < 4.78 is 5.96. The third kappa shape index (κ3) is 3.78. The van der Waals surface area contributed by atoms with E-state index >= 15 is 0 Å². The average Bonchev–Trinajstić information content (AvgIpc) is 3.11. The lowest BCUT2D eigenvalue weighted by molar-refractivity contribution is -0.0685. The van der Waals surface area contributed by atoms with E-state index in [2.05, 4.69) is 30.1 Å². The van der Waals surface area contributed by atoms with Crippen LogP contribution < -0.4 is 5.19 Å². The minimum atomic E-state index is -2.18. The molecule has 0 aromatic heterocycles. The van der Waals surface area contributed by atoms with Crippen molar-refractivity contribution in [2.75, 3.05) is 13.1 Å². The molecule has 0 saturated carbocycles. The molecule has 154 valence electrons. The quantitative estimate of drug-likeness (QED) is 0.595. The van der Waals surface area contributed by atoms with E-state index in [9.17, 15) is 15.0 Å². The van der Waals surface area contributed by atoms with Gasteiger partial charge in [0, 0.05) is 18.6 Å². The van der Waals surface area contributed by atoms with Crippen molar-refractivity contribution in [3.63, 3.8) is 0 Å². The Morgan fingerprint density at radius 3 is 2.31 bits per heavy atom. The van der Waals surface area contributed by atoms with Gasteiger partial charge in [-0.1, -0.05) is 66.8 Å². The highest BCUT2D eigenvalue weighted by Gasteiger charge is 2.56. The van der Waals surface area contributed by atoms with Crippen LogP contribution in [0.1, 0.15) is 16.8 Å². The molecule has 2 aliphatic rings. The predicted molar refractivity (Wildman–Crippen MR) is 115 cm³/mol. The summed E-state index contributed by atoms with van der Waals surface area (Å²) in [7, 11) is -2.18. The van der Waals surface area contributed by atoms with Gasteiger partial charge >= 0.3 is 5.97 Å². The van der Waals surface area contributed by atoms with Crippen molar-refractivity contribution < 1.29 is 19.7 Å². The number of carbonyl (C=O) groups is 1. The minimum Gasteiger partial charge on any atom is -0.457 e. The number of rotatable bonds is 4. The van der Waals surface area contributed by atoms with E-state index in [1.165, 1.54) is 5.19 Å². The summed E-state index contributed by atoms with van der Waals surface area (Å²) in [6.45, 7) is 5.65. The third-order valence-electron chi connectivity index (χ3n) is 6.67. The molecule has 29 heavy (non-hydrogen) atoms. The number of aliphatic hydroxyl groups excluding tert-OH is 2. The Morgan fingerprint density at radius 1 is 1.03 bits per heavy atom. The monoisotopic (exact) mass is 411 g/mol. The van der Waals surface area contributed by atoms with E-state index in [0.29, 0.717) is 12.1 Å². The lowest BCUT2D eigenvalue weighted by Crippen LogP contribution is -2.65. The molecule has 0 spiro atoms. The summed E-state index contributed by atoms with van der Waals surface area (Å²) in [5.74, 6) is -0.323. The van der Waals surface area contributed by atoms with E-state index in [1.54, 1.807) is 12.1 Å². The van der Waals surface area contributed by atoms with Crippen molar-refractivity contribution >= 4 is 19.2 Å². The number of aliphatic hydroxyl groups is 2. The zero-order valence-corrected chi connectivity index (χ0v) is 17.9. The molecule has 0 amide bonds. The Morgan fingerprint density at radius 2 is 1.66 bits per heavy atom. The normalized spacial score (nSPS) is 30.0. The summed E-state index contributed by atoms with van der Waals surface area (Å²) in [6, 6.07) is 19.2. The number of piperidine rings is 1. The van der Waals surface area contributed by atoms with Crippen molar-refractivity contribution in [2.45, 2.75) is 49.4 Å². The van der Waals surface area contributed by atoms with Gasteiger partial charge in [-0.15, -0.1) is 0 Å². The first kappa shape index (κ1) is 20.3. The van der Waals surface area contributed by atoms with E-state index in [-0.39, 0.29) is 23.7 Å². The molecule has 2 aromatic rings. The molecule has 2 saturated heterocycles. The van der Waals surface area contributed by atoms with Crippen molar-refractivity contribution in [2.24, 2.45) is 0 Å². The molecule has 2 heterocycles. The van der Waals surface area contributed by atoms with Gasteiger partial charge in [0.15, 0.2) is 0 Å². The Kier molecular flexibility index (Phi) is 5.62. The maximum atomic E-state index is 12.7. The number of fused-ring (bicyclic) bond motifs is 1. The lowest BCUT2D eigenvalue weighted by atomic mass is 9.95. The van der Waals surface area contributed by atoms with Crippen LogP contribution in [0.3, 0.4) is 0 Å². The first-order chi connectivity index (χ1) is 13.9. The van der Waals surface area contributed by atoms with Crippen LogP contribution in [0.2, 0.25) is 18.6 Å². The van der Waals surface area contributed by atoms with E-state index in [0.717, 1.165) is 13.0 Å². The minimum absolute atomic E-state index is 0.0806. The number of esters is 1. The molecule has 5 atom stereocenters. The van der Waals surface area contributed by atoms with Gasteiger partial charge in [0.2, 0.25) is 0 Å². The van der Waals surface area contributed by atoms with Gasteiger partial charge < -0.3 is 14.9 Å². The van der Waals surface area contributed by atoms with Gasteiger partial charge in [-0.05, 0) is 18.6 Å². The first-order valence-electron chi connectivity index (χ1n) is 10.3. The Bertz CT molecular complexity index is 844. The summed E-state index contributed by atoms with van der Waals surface area (Å²) in [4.78, 5) is 14.9. The second kappa shape index (κ2) is 8.03. The van der Waals surface area contributed by atoms with Gasteiger partial charge in [-0.25, -0.2) is 4.79 Å². The first-order valence-corrected chi connectivity index (χ1v) is 13.4. The molecular formula is C23H29NO4Si. The highest BCUT2D eigenvalue weighted by molar-refractivity contribution is 6.91. The molecule has 0 radical (unpaired) electrons. The van der Waals surface area contributed by atoms with E-state index < -0.39 is 20.3 Å². The van der Waals surface area contributed by atoms with Crippen LogP contribution in [0.15, 0.2) is 60.7 Å². The Hall–Kier alpha value is -1.99. The maximum absolute atomic E-state index is 12.7. The van der Waals surface area contributed by atoms with Crippen LogP contribution in [0.4, 0.5) is 0 Å². The zero-order chi connectivity index (χ0) is 20.6. The number of ether oxygens (including phenoxy) is 1. The maximum Gasteiger partial charge on any atom is 0.338 e. The molecule has 0 unspecified atom stereocenters. The molecule has 2 fully saturated rings. The third-order valence-corrected chi connectivity index (χ3v) is 10.8. The molecular weight excluding hydrogens is 382 g/mol. The van der Waals surface area contributed by atoms with E-state index in [4.69, 9.17) is 4.74 Å². The number of carbonyl (C=O) groups excluding carboxylic acids is 1. The molecule has 2 N–H and O–H groups in total. The second-order valence-corrected chi connectivity index (χ2v) is 13.4. The van der Waals surface area contributed by atoms with Crippen molar-refractivity contribution in [1.29, 1.82) is 0 Å². The Labute approximate surface area is 172 Å². The fraction of sp³-hybridized carbons (Fsp3) is 0.435. The molecule has 0 bridgehead atoms. The lowest BCUT2D eigenvalue weighted by Gasteiger charge is -2.50. The fourth-order valence-electron chi connectivity index (χ4n) is 5.13. The van der Waals surface area contributed by atoms with Gasteiger partial charge in [-0.2, -0.15) is 0 Å². The van der Waals surface area contributed by atoms with Crippen LogP contribution in [0.25, 0.3) is 0 Å². The largest absolute Gasteiger partial charge is 0.457 e. The van der Waals surface area contributed by atoms with E-state index in [1.807, 2.05) is 36.4 Å². The van der Waals surface area contributed by atoms with Crippen LogP contribution >= 0.6 is 0 Å². The summed E-state index contributed by atoms with van der Waals surface area (Å²) in [5, 5.41) is 22.9. The van der Waals surface area contributed by atoms with Gasteiger partial charge in [0.25, 0.3) is 0 Å². The van der Waals surface area contributed by atoms with Crippen molar-refractivity contribution in [1.82, 2.24) is 4.90 Å². The summed E-state index contributed by atoms with van der Waals surface area (Å²) in [5.41, 5.74) is 0.406. The molecule has 0 aliphatic carbocycles. The number of nitrogens with zero attached hydrogens (tertiary/aromatic N) is 1. The van der Waals surface area contributed by atoms with Crippen molar-refractivity contribution in [3.05, 3.63) is 66.2 Å². The molecule has 2 aromatic carbocycles. The molecule has 4 rings (SSSR count). The Balaban J connectivity index is 1.64. The van der Waals surface area contributed by atoms with Gasteiger partial charge in [-0.3, -0.25) is 4.90 Å². The SMILES string of the molecule is C[Si](C)(c1ccccc1)[C@H]1[C@H](O)[C@@H](O)CN2CC[C@@H](OC(=O)c3ccccc3)[C@H]12. The number of hydrogen-bond acceptors (Lipinski definition) is 5. The topological polar surface area (TPSA) is 70.0 Å². The number of benzene rings is 2. The average molecular weight is 412 g/mol. The fourth-order valence-corrected chi connectivity index (χ4v) is 8.92. The van der Waals surface area contributed by atoms with Crippen LogP contribution in [0, 0.1) is 0 Å². The van der Waals surface area contributed by atoms with Crippen LogP contribution in [-0.4, -0.2) is 66.6 Å². The zero-order valence-electron chi connectivity index (χ0n) is 16.9. The summed E-state index contributed by atoms with van der Waals surface area (Å²) >= 11 is 0. The van der Waals surface area contributed by atoms with Gasteiger partial charge in [0.05, 0.1) is 31.9 Å². The standard InChI is InChI=1S/C23H29NO4Si/c1-29(2,17-11-7-4-8-12-17)22-20-19(13-14-24(20)15-18(25)21(22)26)28-23(27)16-9-5-3-6-10-16/h3-12,18-22,25-26H,13-15H2,1-2H3/t18-,19+,20+,21+,22+/m0/s1. The van der Waals surface area contributed by atoms with Crippen molar-refractivity contribution in [3.8, 4) is 0 Å². The highest BCUT2D eigenvalue weighted by atomic mass is 28.3. The molecule has 2 aliphatic heterocycles. The van der Waals surface area contributed by atoms with Gasteiger partial charge in [0.1, 0.15) is 6.10 Å². The number of hydrogen-bond donors (Lipinski definition) is 2. The highest BCUT2D eigenvalue weighted by Crippen LogP contribution is 2.43. The van der Waals surface area contributed by atoms with Crippen LogP contribution in [-0.2, 0) is 4.74 Å². The van der Waals surface area contributed by atoms with Crippen LogP contribution in [0.5, 0.6) is 0 Å². The summed E-state index contributed by atoms with van der Waals surface area (Å²) in [6.07, 6.45) is -1.17. The second-order valence-electron chi connectivity index (χ2n) is 8.76. The predicted octanol–water partition coefficient (Wildman–Crippen LogP) is 2.01. The smallest absolute Gasteiger partial charge is 0.338 e. The molecule has 5 nitrogen and oxygen atoms in total.